The van der Waals surface area contributed by atoms with Crippen LogP contribution >= 0.6 is 0 Å². The molecule has 0 unspecified atom stereocenters. The summed E-state index contributed by atoms with van der Waals surface area (Å²) in [5, 5.41) is 13.4. The number of carbonyl (C=O) groups excluding carboxylic acids is 2. The van der Waals surface area contributed by atoms with Crippen LogP contribution in [0.4, 0.5) is 4.79 Å². The largest absolute Gasteiger partial charge is 0.460 e. The molecule has 2 aliphatic rings. The molecule has 6 heteroatoms. The number of fused-ring (bicyclic) bond motifs is 1. The zero-order valence-corrected chi connectivity index (χ0v) is 17.4. The maximum atomic E-state index is 12.2. The van der Waals surface area contributed by atoms with Crippen LogP contribution in [-0.4, -0.2) is 35.5 Å². The van der Waals surface area contributed by atoms with Crippen LogP contribution in [0.25, 0.3) is 0 Å². The van der Waals surface area contributed by atoms with E-state index >= 15 is 0 Å². The van der Waals surface area contributed by atoms with Gasteiger partial charge in [0.05, 0.1) is 12.2 Å². The van der Waals surface area contributed by atoms with Crippen molar-refractivity contribution >= 4 is 12.1 Å². The number of hydrogen-bond donors (Lipinski definition) is 2. The van der Waals surface area contributed by atoms with Crippen molar-refractivity contribution in [3.05, 3.63) is 60.2 Å². The molecule has 5 atom stereocenters. The molecule has 0 spiro atoms. The highest BCUT2D eigenvalue weighted by atomic mass is 16.6. The van der Waals surface area contributed by atoms with Gasteiger partial charge >= 0.3 is 12.1 Å². The van der Waals surface area contributed by atoms with Crippen LogP contribution in [0, 0.1) is 11.8 Å². The molecule has 1 amide bonds. The standard InChI is InChI=1S/C24H31NO5/c1-17-8-4-2-7-11-19-14-20(15-21(19)22(26)12-13-23(27)29-17)30-24(28)25-16-18-9-5-3-6-10-18/h3,5-7,9-13,17,19-22,26H,2,4,8,14-16H2,1H3,(H,25,28)/b11-7+,13-12+/t17-,19+,20-,21+,22+/m0/s1. The summed E-state index contributed by atoms with van der Waals surface area (Å²) >= 11 is 0. The Bertz CT molecular complexity index is 760. The normalized spacial score (nSPS) is 31.8. The molecule has 1 saturated carbocycles. The third-order valence-electron chi connectivity index (χ3n) is 5.72. The lowest BCUT2D eigenvalue weighted by Crippen LogP contribution is -2.28. The third-order valence-corrected chi connectivity index (χ3v) is 5.72. The maximum Gasteiger partial charge on any atom is 0.407 e. The number of cyclic esters (lactones) is 1. The highest BCUT2D eigenvalue weighted by molar-refractivity contribution is 5.82. The minimum atomic E-state index is -0.802. The highest BCUT2D eigenvalue weighted by Crippen LogP contribution is 2.38. The van der Waals surface area contributed by atoms with Gasteiger partial charge in [0.15, 0.2) is 0 Å². The lowest BCUT2D eigenvalue weighted by molar-refractivity contribution is -0.142. The number of carbonyl (C=O) groups is 2. The molecular weight excluding hydrogens is 382 g/mol. The van der Waals surface area contributed by atoms with Gasteiger partial charge in [0.2, 0.25) is 0 Å². The number of nitrogens with one attached hydrogen (secondary N) is 1. The van der Waals surface area contributed by atoms with Crippen LogP contribution in [0.1, 0.15) is 44.6 Å². The summed E-state index contributed by atoms with van der Waals surface area (Å²) in [4.78, 5) is 24.1. The van der Waals surface area contributed by atoms with Gasteiger partial charge in [-0.15, -0.1) is 0 Å². The summed E-state index contributed by atoms with van der Waals surface area (Å²) in [6.45, 7) is 2.29. The van der Waals surface area contributed by atoms with Gasteiger partial charge in [-0.05, 0) is 62.5 Å². The Balaban J connectivity index is 1.58. The molecule has 1 heterocycles. The minimum Gasteiger partial charge on any atom is -0.460 e. The Morgan fingerprint density at radius 2 is 2.03 bits per heavy atom. The Hall–Kier alpha value is -2.60. The Kier molecular flexibility index (Phi) is 8.08. The number of ether oxygens (including phenoxy) is 2. The average molecular weight is 414 g/mol. The van der Waals surface area contributed by atoms with Crippen LogP contribution in [0.5, 0.6) is 0 Å². The van der Waals surface area contributed by atoms with Crippen molar-refractivity contribution in [1.82, 2.24) is 5.32 Å². The molecule has 3 rings (SSSR count). The Morgan fingerprint density at radius 3 is 2.83 bits per heavy atom. The van der Waals surface area contributed by atoms with Gasteiger partial charge in [0.25, 0.3) is 0 Å². The zero-order chi connectivity index (χ0) is 21.3. The lowest BCUT2D eigenvalue weighted by Gasteiger charge is -2.19. The van der Waals surface area contributed by atoms with Crippen molar-refractivity contribution in [3.63, 3.8) is 0 Å². The van der Waals surface area contributed by atoms with E-state index in [1.54, 1.807) is 0 Å². The van der Waals surface area contributed by atoms with E-state index in [-0.39, 0.29) is 24.0 Å². The minimum absolute atomic E-state index is 0.0887. The van der Waals surface area contributed by atoms with Gasteiger partial charge in [-0.25, -0.2) is 9.59 Å². The summed E-state index contributed by atoms with van der Waals surface area (Å²) in [6, 6.07) is 9.65. The molecule has 2 N–H and O–H groups in total. The summed E-state index contributed by atoms with van der Waals surface area (Å²) in [5.41, 5.74) is 1.00. The molecule has 162 valence electrons. The van der Waals surface area contributed by atoms with Crippen LogP contribution in [0.3, 0.4) is 0 Å². The van der Waals surface area contributed by atoms with E-state index in [0.717, 1.165) is 24.8 Å². The van der Waals surface area contributed by atoms with E-state index in [2.05, 4.69) is 17.5 Å². The van der Waals surface area contributed by atoms with Gasteiger partial charge in [-0.1, -0.05) is 42.5 Å². The van der Waals surface area contributed by atoms with E-state index in [4.69, 9.17) is 9.47 Å². The fraction of sp³-hybridized carbons (Fsp3) is 0.500. The van der Waals surface area contributed by atoms with Gasteiger partial charge in [0, 0.05) is 12.6 Å². The fourth-order valence-corrected chi connectivity index (χ4v) is 4.14. The predicted molar refractivity (Wildman–Crippen MR) is 113 cm³/mol. The van der Waals surface area contributed by atoms with Crippen molar-refractivity contribution in [3.8, 4) is 0 Å². The first-order chi connectivity index (χ1) is 14.5. The zero-order valence-electron chi connectivity index (χ0n) is 17.4. The predicted octanol–water partition coefficient (Wildman–Crippen LogP) is 3.90. The lowest BCUT2D eigenvalue weighted by atomic mass is 9.90. The SMILES string of the molecule is C[C@H]1CCC/C=C/[C@@H]2C[C@H](OC(=O)NCc3ccccc3)C[C@H]2[C@H](O)/C=C/C(=O)O1. The molecule has 30 heavy (non-hydrogen) atoms. The summed E-state index contributed by atoms with van der Waals surface area (Å²) < 4.78 is 10.9. The van der Waals surface area contributed by atoms with Crippen molar-refractivity contribution in [1.29, 1.82) is 0 Å². The second-order valence-electron chi connectivity index (χ2n) is 8.12. The highest BCUT2D eigenvalue weighted by Gasteiger charge is 2.38. The van der Waals surface area contributed by atoms with E-state index in [0.29, 0.717) is 19.4 Å². The summed E-state index contributed by atoms with van der Waals surface area (Å²) in [5.74, 6) is -0.461. The van der Waals surface area contributed by atoms with Crippen molar-refractivity contribution < 1.29 is 24.2 Å². The van der Waals surface area contributed by atoms with Crippen LogP contribution < -0.4 is 5.32 Å². The number of esters is 1. The first-order valence-electron chi connectivity index (χ1n) is 10.7. The Morgan fingerprint density at radius 1 is 1.23 bits per heavy atom. The van der Waals surface area contributed by atoms with Gasteiger partial charge < -0.3 is 19.9 Å². The summed E-state index contributed by atoms with van der Waals surface area (Å²) in [6.07, 6.45) is 9.20. The second-order valence-corrected chi connectivity index (χ2v) is 8.12. The molecule has 1 fully saturated rings. The number of hydrogen-bond acceptors (Lipinski definition) is 5. The number of aliphatic hydroxyl groups excluding tert-OH is 1. The molecule has 1 aromatic carbocycles. The molecule has 0 aromatic heterocycles. The summed E-state index contributed by atoms with van der Waals surface area (Å²) in [7, 11) is 0. The number of rotatable bonds is 3. The second kappa shape index (κ2) is 11.0. The fourth-order valence-electron chi connectivity index (χ4n) is 4.14. The van der Waals surface area contributed by atoms with E-state index < -0.39 is 18.2 Å². The van der Waals surface area contributed by atoms with Gasteiger partial charge in [0.1, 0.15) is 6.10 Å². The van der Waals surface area contributed by atoms with Crippen LogP contribution in [0.2, 0.25) is 0 Å². The number of allylic oxidation sites excluding steroid dienone is 2. The number of benzene rings is 1. The first kappa shape index (κ1) is 22.1. The smallest absolute Gasteiger partial charge is 0.407 e. The van der Waals surface area contributed by atoms with Crippen molar-refractivity contribution in [2.75, 3.05) is 0 Å². The molecule has 1 aliphatic heterocycles. The van der Waals surface area contributed by atoms with E-state index in [9.17, 15) is 14.7 Å². The molecular formula is C24H31NO5. The molecule has 0 radical (unpaired) electrons. The number of alkyl carbamates (subject to hydrolysis) is 1. The quantitative estimate of drug-likeness (QED) is 0.580. The third kappa shape index (κ3) is 6.73. The topological polar surface area (TPSA) is 84.9 Å². The molecule has 1 aromatic rings. The van der Waals surface area contributed by atoms with Gasteiger partial charge in [-0.2, -0.15) is 0 Å². The molecule has 6 nitrogen and oxygen atoms in total. The van der Waals surface area contributed by atoms with E-state index in [1.807, 2.05) is 37.3 Å². The molecule has 0 saturated heterocycles. The maximum absolute atomic E-state index is 12.2. The first-order valence-corrected chi connectivity index (χ1v) is 10.7. The van der Waals surface area contributed by atoms with Crippen LogP contribution in [0.15, 0.2) is 54.6 Å². The van der Waals surface area contributed by atoms with Gasteiger partial charge in [-0.3, -0.25) is 0 Å². The van der Waals surface area contributed by atoms with Crippen molar-refractivity contribution in [2.24, 2.45) is 11.8 Å². The van der Waals surface area contributed by atoms with Crippen molar-refractivity contribution in [2.45, 2.75) is 63.9 Å². The van der Waals surface area contributed by atoms with Crippen LogP contribution in [-0.2, 0) is 20.8 Å². The monoisotopic (exact) mass is 413 g/mol. The number of aliphatic hydroxyl groups is 1. The van der Waals surface area contributed by atoms with E-state index in [1.165, 1.54) is 12.2 Å². The molecule has 1 aliphatic carbocycles. The average Bonchev–Trinajstić information content (AvgIpc) is 3.13. The Labute approximate surface area is 178 Å². The number of amides is 1. The molecule has 0 bridgehead atoms.